The molecule has 1 amide bonds. The van der Waals surface area contributed by atoms with Crippen LogP contribution in [0.2, 0.25) is 0 Å². The summed E-state index contributed by atoms with van der Waals surface area (Å²) in [7, 11) is 0. The molecule has 0 aliphatic rings. The molecule has 2 aromatic carbocycles. The number of halogens is 1. The van der Waals surface area contributed by atoms with E-state index in [0.29, 0.717) is 12.2 Å². The molecule has 142 valence electrons. The molecule has 6 nitrogen and oxygen atoms in total. The van der Waals surface area contributed by atoms with Gasteiger partial charge in [-0.3, -0.25) is 4.98 Å². The Balaban J connectivity index is 1.51. The maximum absolute atomic E-state index is 11.2. The third kappa shape index (κ3) is 4.09. The molecule has 0 fully saturated rings. The summed E-state index contributed by atoms with van der Waals surface area (Å²) in [6.07, 6.45) is 3.01. The Morgan fingerprint density at radius 3 is 2.96 bits per heavy atom. The quantitative estimate of drug-likeness (QED) is 0.404. The van der Waals surface area contributed by atoms with Gasteiger partial charge >= 0.3 is 6.09 Å². The molecule has 0 aliphatic heterocycles. The van der Waals surface area contributed by atoms with Crippen LogP contribution in [0, 0.1) is 0 Å². The topological polar surface area (TPSA) is 87.2 Å². The van der Waals surface area contributed by atoms with E-state index in [4.69, 9.17) is 4.74 Å². The van der Waals surface area contributed by atoms with Crippen molar-refractivity contribution in [2.24, 2.45) is 0 Å². The first kappa shape index (κ1) is 18.3. The lowest BCUT2D eigenvalue weighted by Gasteiger charge is -2.17. The van der Waals surface area contributed by atoms with Crippen molar-refractivity contribution in [3.05, 3.63) is 71.0 Å². The zero-order valence-corrected chi connectivity index (χ0v) is 16.4. The number of carboxylic acid groups (broad SMARTS) is 1. The summed E-state index contributed by atoms with van der Waals surface area (Å²) in [5, 5.41) is 13.8. The molecule has 0 bridgehead atoms. The fourth-order valence-electron chi connectivity index (χ4n) is 3.25. The Hall–Kier alpha value is -3.06. The second-order valence-electron chi connectivity index (χ2n) is 6.53. The number of benzene rings is 2. The van der Waals surface area contributed by atoms with Crippen molar-refractivity contribution in [2.45, 2.75) is 12.5 Å². The highest BCUT2D eigenvalue weighted by atomic mass is 79.9. The average Bonchev–Trinajstić information content (AvgIpc) is 3.08. The number of ether oxygens (including phenoxy) is 1. The van der Waals surface area contributed by atoms with E-state index in [2.05, 4.69) is 31.2 Å². The Labute approximate surface area is 169 Å². The molecule has 0 saturated carbocycles. The molecule has 0 aliphatic carbocycles. The maximum Gasteiger partial charge on any atom is 0.405 e. The van der Waals surface area contributed by atoms with Gasteiger partial charge in [0, 0.05) is 27.0 Å². The lowest BCUT2D eigenvalue weighted by Crippen LogP contribution is -2.39. The number of hydrogen-bond donors (Lipinski definition) is 3. The van der Waals surface area contributed by atoms with Crippen LogP contribution in [-0.2, 0) is 6.42 Å². The van der Waals surface area contributed by atoms with Gasteiger partial charge in [-0.15, -0.1) is 0 Å². The Kier molecular flexibility index (Phi) is 5.16. The summed E-state index contributed by atoms with van der Waals surface area (Å²) in [4.78, 5) is 18.8. The average molecular weight is 440 g/mol. The molecule has 0 unspecified atom stereocenters. The van der Waals surface area contributed by atoms with E-state index in [9.17, 15) is 9.90 Å². The minimum Gasteiger partial charge on any atom is -0.490 e. The van der Waals surface area contributed by atoms with Crippen LogP contribution in [0.1, 0.15) is 5.56 Å². The van der Waals surface area contributed by atoms with Crippen LogP contribution < -0.4 is 10.1 Å². The molecule has 4 aromatic rings. The molecule has 0 saturated heterocycles. The highest BCUT2D eigenvalue weighted by Gasteiger charge is 2.16. The van der Waals surface area contributed by atoms with E-state index in [0.717, 1.165) is 31.8 Å². The van der Waals surface area contributed by atoms with Crippen molar-refractivity contribution in [3.8, 4) is 5.75 Å². The predicted octanol–water partition coefficient (Wildman–Crippen LogP) is 4.74. The fourth-order valence-corrected chi connectivity index (χ4v) is 3.63. The number of carbonyl (C=O) groups is 1. The minimum atomic E-state index is -1.07. The molecule has 4 rings (SSSR count). The second kappa shape index (κ2) is 7.90. The van der Waals surface area contributed by atoms with Gasteiger partial charge in [0.2, 0.25) is 0 Å². The van der Waals surface area contributed by atoms with E-state index < -0.39 is 12.1 Å². The van der Waals surface area contributed by atoms with Gasteiger partial charge in [-0.25, -0.2) is 4.79 Å². The van der Waals surface area contributed by atoms with Crippen LogP contribution >= 0.6 is 15.9 Å². The summed E-state index contributed by atoms with van der Waals surface area (Å²) < 4.78 is 6.83. The third-order valence-electron chi connectivity index (χ3n) is 4.54. The molecule has 28 heavy (non-hydrogen) atoms. The van der Waals surface area contributed by atoms with Crippen molar-refractivity contribution >= 4 is 43.8 Å². The summed E-state index contributed by atoms with van der Waals surface area (Å²) in [5.41, 5.74) is 2.94. The molecule has 0 spiro atoms. The van der Waals surface area contributed by atoms with Crippen LogP contribution in [0.4, 0.5) is 4.79 Å². The summed E-state index contributed by atoms with van der Waals surface area (Å²) in [6, 6.07) is 15.3. The van der Waals surface area contributed by atoms with E-state index in [1.54, 1.807) is 6.20 Å². The molecule has 7 heteroatoms. The smallest absolute Gasteiger partial charge is 0.405 e. The van der Waals surface area contributed by atoms with Crippen molar-refractivity contribution < 1.29 is 14.6 Å². The molecular weight excluding hydrogens is 422 g/mol. The number of H-pyrrole nitrogens is 1. The van der Waals surface area contributed by atoms with Gasteiger partial charge in [-0.05, 0) is 42.3 Å². The van der Waals surface area contributed by atoms with Crippen LogP contribution in [0.3, 0.4) is 0 Å². The first-order valence-electron chi connectivity index (χ1n) is 8.81. The summed E-state index contributed by atoms with van der Waals surface area (Å²) in [6.45, 7) is 0.201. The van der Waals surface area contributed by atoms with Crippen molar-refractivity contribution in [1.29, 1.82) is 0 Å². The number of rotatable bonds is 6. The standard InChI is InChI=1S/C21H18BrN3O3/c22-15-5-6-19-13(7-15)9-17(11-24-19)28-12-16(25-21(26)27)8-14-10-23-20-4-2-1-3-18(14)20/h1-7,9-11,16,23,25H,8,12H2,(H,26,27)/t16-/m0/s1. The number of aromatic nitrogens is 2. The first-order chi connectivity index (χ1) is 13.6. The molecule has 0 radical (unpaired) electrons. The number of hydrogen-bond acceptors (Lipinski definition) is 3. The largest absolute Gasteiger partial charge is 0.490 e. The third-order valence-corrected chi connectivity index (χ3v) is 5.03. The number of aromatic amines is 1. The zero-order valence-electron chi connectivity index (χ0n) is 14.9. The van der Waals surface area contributed by atoms with Crippen LogP contribution in [0.25, 0.3) is 21.8 Å². The van der Waals surface area contributed by atoms with Crippen LogP contribution in [0.15, 0.2) is 65.4 Å². The van der Waals surface area contributed by atoms with Crippen molar-refractivity contribution in [1.82, 2.24) is 15.3 Å². The minimum absolute atomic E-state index is 0.201. The Bertz CT molecular complexity index is 1140. The number of nitrogens with one attached hydrogen (secondary N) is 2. The number of nitrogens with zero attached hydrogens (tertiary/aromatic N) is 1. The van der Waals surface area contributed by atoms with Crippen molar-refractivity contribution in [2.75, 3.05) is 6.61 Å². The van der Waals surface area contributed by atoms with Gasteiger partial charge in [0.25, 0.3) is 0 Å². The van der Waals surface area contributed by atoms with E-state index >= 15 is 0 Å². The van der Waals surface area contributed by atoms with Gasteiger partial charge in [0.05, 0.1) is 17.8 Å². The Morgan fingerprint density at radius 1 is 1.25 bits per heavy atom. The monoisotopic (exact) mass is 439 g/mol. The molecular formula is C21H18BrN3O3. The zero-order chi connectivity index (χ0) is 19.5. The highest BCUT2D eigenvalue weighted by Crippen LogP contribution is 2.23. The number of amides is 1. The van der Waals surface area contributed by atoms with Gasteiger partial charge in [-0.1, -0.05) is 34.1 Å². The number of para-hydroxylation sites is 1. The normalized spacial score (nSPS) is 12.2. The molecule has 3 N–H and O–H groups in total. The second-order valence-corrected chi connectivity index (χ2v) is 7.44. The lowest BCUT2D eigenvalue weighted by molar-refractivity contribution is 0.181. The van der Waals surface area contributed by atoms with Gasteiger partial charge in [0.15, 0.2) is 0 Å². The van der Waals surface area contributed by atoms with Crippen molar-refractivity contribution in [3.63, 3.8) is 0 Å². The molecule has 2 heterocycles. The maximum atomic E-state index is 11.2. The van der Waals surface area contributed by atoms with E-state index in [1.807, 2.05) is 54.7 Å². The van der Waals surface area contributed by atoms with Crippen LogP contribution in [0.5, 0.6) is 5.75 Å². The van der Waals surface area contributed by atoms with Crippen LogP contribution in [-0.4, -0.2) is 33.8 Å². The summed E-state index contributed by atoms with van der Waals surface area (Å²) >= 11 is 3.45. The van der Waals surface area contributed by atoms with Gasteiger partial charge in [0.1, 0.15) is 12.4 Å². The molecule has 2 aromatic heterocycles. The van der Waals surface area contributed by atoms with E-state index in [1.165, 1.54) is 0 Å². The SMILES string of the molecule is O=C(O)N[C@H](COc1cnc2ccc(Br)cc2c1)Cc1c[nH]c2ccccc12. The van der Waals surface area contributed by atoms with E-state index in [-0.39, 0.29) is 6.61 Å². The van der Waals surface area contributed by atoms with Gasteiger partial charge in [-0.2, -0.15) is 0 Å². The fraction of sp³-hybridized carbons (Fsp3) is 0.143. The predicted molar refractivity (Wildman–Crippen MR) is 112 cm³/mol. The Morgan fingerprint density at radius 2 is 2.11 bits per heavy atom. The summed E-state index contributed by atoms with van der Waals surface area (Å²) in [5.74, 6) is 0.599. The first-order valence-corrected chi connectivity index (χ1v) is 9.60. The number of fused-ring (bicyclic) bond motifs is 2. The lowest BCUT2D eigenvalue weighted by atomic mass is 10.1. The number of pyridine rings is 1. The van der Waals surface area contributed by atoms with Gasteiger partial charge < -0.3 is 20.1 Å². The molecule has 1 atom stereocenters. The highest BCUT2D eigenvalue weighted by molar-refractivity contribution is 9.10.